The maximum absolute atomic E-state index is 14.1. The Hall–Kier alpha value is -2.67. The molecule has 0 atom stereocenters. The first-order chi connectivity index (χ1) is 13.1. The van der Waals surface area contributed by atoms with E-state index in [9.17, 15) is 4.39 Å². The first-order valence-corrected chi connectivity index (χ1v) is 8.88. The fraction of sp³-hybridized carbons (Fsp3) is 0.0870. The van der Waals surface area contributed by atoms with Crippen LogP contribution in [0.1, 0.15) is 5.56 Å². The monoisotopic (exact) mass is 484 g/mol. The second-order valence-corrected chi connectivity index (χ2v) is 6.82. The van der Waals surface area contributed by atoms with Crippen LogP contribution in [0, 0.1) is 12.7 Å². The lowest BCUT2D eigenvalue weighted by Crippen LogP contribution is -3.00. The van der Waals surface area contributed by atoms with Crippen molar-refractivity contribution in [2.45, 2.75) is 6.92 Å². The van der Waals surface area contributed by atoms with E-state index in [2.05, 4.69) is 28.1 Å². The van der Waals surface area contributed by atoms with Crippen LogP contribution in [0.4, 0.5) is 15.8 Å². The lowest BCUT2D eigenvalue weighted by Gasteiger charge is -2.10. The zero-order valence-electron chi connectivity index (χ0n) is 15.5. The molecule has 5 rings (SSSR count). The Morgan fingerprint density at radius 2 is 1.64 bits per heavy atom. The number of hydrogen-bond donors (Lipinski definition) is 1. The average molecular weight is 484 g/mol. The molecular formula is C23H18FIN2O. The van der Waals surface area contributed by atoms with E-state index in [4.69, 9.17) is 4.42 Å². The summed E-state index contributed by atoms with van der Waals surface area (Å²) in [5.41, 5.74) is 5.84. The van der Waals surface area contributed by atoms with Gasteiger partial charge in [-0.1, -0.05) is 30.3 Å². The normalized spacial score (nSPS) is 11.1. The van der Waals surface area contributed by atoms with E-state index in [0.29, 0.717) is 11.3 Å². The molecule has 0 fully saturated rings. The van der Waals surface area contributed by atoms with Gasteiger partial charge >= 0.3 is 0 Å². The van der Waals surface area contributed by atoms with Gasteiger partial charge in [0.15, 0.2) is 0 Å². The molecular weight excluding hydrogens is 466 g/mol. The number of anilines is 2. The highest BCUT2D eigenvalue weighted by atomic mass is 127. The van der Waals surface area contributed by atoms with Crippen LogP contribution < -0.4 is 33.9 Å². The predicted molar refractivity (Wildman–Crippen MR) is 107 cm³/mol. The first-order valence-electron chi connectivity index (χ1n) is 8.88. The summed E-state index contributed by atoms with van der Waals surface area (Å²) in [5, 5.41) is 5.47. The van der Waals surface area contributed by atoms with Gasteiger partial charge in [-0.25, -0.2) is 4.39 Å². The Kier molecular flexibility index (Phi) is 4.71. The highest BCUT2D eigenvalue weighted by Gasteiger charge is 2.24. The van der Waals surface area contributed by atoms with Crippen molar-refractivity contribution in [3.63, 3.8) is 0 Å². The van der Waals surface area contributed by atoms with Crippen LogP contribution in [0.25, 0.3) is 33.0 Å². The number of hydrogen-bond acceptors (Lipinski definition) is 2. The molecule has 2 aromatic heterocycles. The summed E-state index contributed by atoms with van der Waals surface area (Å²) >= 11 is 0. The van der Waals surface area contributed by atoms with Crippen molar-refractivity contribution in [2.75, 3.05) is 5.32 Å². The molecule has 1 N–H and O–H groups in total. The maximum Gasteiger partial charge on any atom is 0.261 e. The van der Waals surface area contributed by atoms with E-state index in [-0.39, 0.29) is 29.8 Å². The molecule has 0 saturated heterocycles. The molecule has 5 aromatic rings. The van der Waals surface area contributed by atoms with Crippen LogP contribution in [-0.2, 0) is 7.05 Å². The smallest absolute Gasteiger partial charge is 0.261 e. The lowest BCUT2D eigenvalue weighted by atomic mass is 10.1. The molecule has 2 heterocycles. The van der Waals surface area contributed by atoms with Crippen LogP contribution >= 0.6 is 0 Å². The van der Waals surface area contributed by atoms with Crippen LogP contribution in [-0.4, -0.2) is 0 Å². The summed E-state index contributed by atoms with van der Waals surface area (Å²) in [4.78, 5) is 0. The van der Waals surface area contributed by atoms with Gasteiger partial charge in [-0.2, -0.15) is 4.57 Å². The number of rotatable bonds is 2. The fourth-order valence-electron chi connectivity index (χ4n) is 3.69. The van der Waals surface area contributed by atoms with Gasteiger partial charge in [0, 0.05) is 11.8 Å². The van der Waals surface area contributed by atoms with Crippen LogP contribution in [0.5, 0.6) is 0 Å². The zero-order valence-corrected chi connectivity index (χ0v) is 17.6. The predicted octanol–water partition coefficient (Wildman–Crippen LogP) is 2.76. The first kappa shape index (κ1) is 18.7. The van der Waals surface area contributed by atoms with Gasteiger partial charge in [-0.3, -0.25) is 0 Å². The summed E-state index contributed by atoms with van der Waals surface area (Å²) in [5.74, 6) is -0.230. The van der Waals surface area contributed by atoms with Crippen molar-refractivity contribution in [3.8, 4) is 0 Å². The summed E-state index contributed by atoms with van der Waals surface area (Å²) in [6.45, 7) is 1.76. The number of nitrogens with one attached hydrogen (secondary N) is 1. The number of furan rings is 1. The third kappa shape index (κ3) is 2.81. The van der Waals surface area contributed by atoms with Gasteiger partial charge in [-0.15, -0.1) is 0 Å². The number of fused-ring (bicyclic) bond motifs is 4. The number of benzene rings is 3. The summed E-state index contributed by atoms with van der Waals surface area (Å²) in [7, 11) is 2.04. The standard InChI is InChI=1S/C23H17FN2O.HI/c1-14-11-12-15(13-18(14)24)25-21-16-7-3-5-9-19(16)26(2)22-17-8-4-6-10-20(17)27-23(21)22;/h3-13H,1-2H3;1H. The fourth-order valence-corrected chi connectivity index (χ4v) is 3.69. The van der Waals surface area contributed by atoms with Crippen molar-refractivity contribution in [3.05, 3.63) is 78.1 Å². The minimum atomic E-state index is -0.230. The number of aromatic nitrogens is 1. The van der Waals surface area contributed by atoms with Crippen molar-refractivity contribution >= 4 is 44.3 Å². The van der Waals surface area contributed by atoms with Crippen molar-refractivity contribution in [2.24, 2.45) is 7.05 Å². The number of nitrogens with zero attached hydrogens (tertiary/aromatic N) is 1. The van der Waals surface area contributed by atoms with Gasteiger partial charge in [0.05, 0.1) is 10.8 Å². The molecule has 3 nitrogen and oxygen atoms in total. The molecule has 0 spiro atoms. The van der Waals surface area contributed by atoms with Gasteiger partial charge in [-0.05, 0) is 42.8 Å². The van der Waals surface area contributed by atoms with Gasteiger partial charge in [0.1, 0.15) is 24.1 Å². The van der Waals surface area contributed by atoms with Crippen LogP contribution in [0.15, 0.2) is 71.1 Å². The molecule has 5 heteroatoms. The van der Waals surface area contributed by atoms with Crippen LogP contribution in [0.2, 0.25) is 0 Å². The molecule has 28 heavy (non-hydrogen) atoms. The van der Waals surface area contributed by atoms with Gasteiger partial charge < -0.3 is 33.7 Å². The van der Waals surface area contributed by atoms with Gasteiger partial charge in [0.25, 0.3) is 5.52 Å². The number of aryl methyl sites for hydroxylation is 2. The molecule has 3 aromatic carbocycles. The second kappa shape index (κ2) is 7.05. The Morgan fingerprint density at radius 3 is 2.43 bits per heavy atom. The molecule has 0 unspecified atom stereocenters. The Bertz CT molecular complexity index is 1340. The Balaban J connectivity index is 0.00000192. The van der Waals surface area contributed by atoms with Crippen LogP contribution in [0.3, 0.4) is 0 Å². The minimum Gasteiger partial charge on any atom is -1.00 e. The largest absolute Gasteiger partial charge is 1.00 e. The van der Waals surface area contributed by atoms with E-state index >= 15 is 0 Å². The molecule has 0 bridgehead atoms. The maximum atomic E-state index is 14.1. The van der Waals surface area contributed by atoms with Crippen molar-refractivity contribution in [1.82, 2.24) is 0 Å². The number of pyridine rings is 1. The van der Waals surface area contributed by atoms with Crippen molar-refractivity contribution < 1.29 is 37.4 Å². The lowest BCUT2D eigenvalue weighted by molar-refractivity contribution is -0.616. The Morgan fingerprint density at radius 1 is 0.929 bits per heavy atom. The highest BCUT2D eigenvalue weighted by molar-refractivity contribution is 6.11. The van der Waals surface area contributed by atoms with E-state index in [1.165, 1.54) is 6.07 Å². The summed E-state index contributed by atoms with van der Waals surface area (Å²) in [6.07, 6.45) is 0. The third-order valence-electron chi connectivity index (χ3n) is 5.11. The SMILES string of the molecule is Cc1ccc(Nc2c3ccccc3[n+](C)c3c2oc2ccccc23)cc1F.[I-]. The molecule has 0 aliphatic rings. The second-order valence-electron chi connectivity index (χ2n) is 6.82. The molecule has 0 amide bonds. The van der Waals surface area contributed by atoms with Gasteiger partial charge in [0.2, 0.25) is 11.1 Å². The van der Waals surface area contributed by atoms with E-state index in [1.807, 2.05) is 43.4 Å². The summed E-state index contributed by atoms with van der Waals surface area (Å²) < 4.78 is 22.4. The van der Waals surface area contributed by atoms with E-state index in [1.54, 1.807) is 13.0 Å². The summed E-state index contributed by atoms with van der Waals surface area (Å²) in [6, 6.07) is 21.3. The molecule has 0 radical (unpaired) electrons. The number of halogens is 2. The molecule has 0 saturated carbocycles. The molecule has 0 aliphatic heterocycles. The van der Waals surface area contributed by atoms with E-state index in [0.717, 1.165) is 38.7 Å². The highest BCUT2D eigenvalue weighted by Crippen LogP contribution is 2.37. The van der Waals surface area contributed by atoms with E-state index < -0.39 is 0 Å². The molecule has 140 valence electrons. The van der Waals surface area contributed by atoms with Crippen molar-refractivity contribution in [1.29, 1.82) is 0 Å². The zero-order chi connectivity index (χ0) is 18.5. The average Bonchev–Trinajstić information content (AvgIpc) is 3.07. The Labute approximate surface area is 178 Å². The number of para-hydroxylation sites is 2. The minimum absolute atomic E-state index is 0. The molecule has 0 aliphatic carbocycles. The topological polar surface area (TPSA) is 29.1 Å². The third-order valence-corrected chi connectivity index (χ3v) is 5.11. The quantitative estimate of drug-likeness (QED) is 0.309.